The van der Waals surface area contributed by atoms with Crippen molar-refractivity contribution in [1.82, 2.24) is 9.36 Å². The highest BCUT2D eigenvalue weighted by Crippen LogP contribution is 2.20. The van der Waals surface area contributed by atoms with Crippen LogP contribution in [-0.4, -0.2) is 33.5 Å². The topological polar surface area (TPSA) is 66.3 Å². The summed E-state index contributed by atoms with van der Waals surface area (Å²) in [5.41, 5.74) is 0. The molecule has 0 spiro atoms. The van der Waals surface area contributed by atoms with Crippen molar-refractivity contribution in [1.29, 1.82) is 0 Å². The van der Waals surface area contributed by atoms with Gasteiger partial charge in [-0.3, -0.25) is 4.79 Å². The first-order valence-electron chi connectivity index (χ1n) is 4.78. The first-order valence-corrected chi connectivity index (χ1v) is 5.55. The van der Waals surface area contributed by atoms with Crippen molar-refractivity contribution in [3.05, 3.63) is 5.82 Å². The standard InChI is InChI=1S/C10H13N3O2S/c1-4-5-13(6-8(14)15)10-11-9(7(2)3)12-16-10/h1,7H,5-6H2,2-3H3,(H,14,15). The Morgan fingerprint density at radius 1 is 1.69 bits per heavy atom. The van der Waals surface area contributed by atoms with Gasteiger partial charge in [0.15, 0.2) is 0 Å². The van der Waals surface area contributed by atoms with E-state index in [0.717, 1.165) is 0 Å². The fourth-order valence-corrected chi connectivity index (χ4v) is 1.86. The van der Waals surface area contributed by atoms with Crippen LogP contribution in [0.2, 0.25) is 0 Å². The van der Waals surface area contributed by atoms with Crippen molar-refractivity contribution in [2.24, 2.45) is 0 Å². The summed E-state index contributed by atoms with van der Waals surface area (Å²) < 4.78 is 4.15. The summed E-state index contributed by atoms with van der Waals surface area (Å²) in [6.07, 6.45) is 5.18. The second kappa shape index (κ2) is 5.47. The number of aromatic nitrogens is 2. The molecule has 0 radical (unpaired) electrons. The van der Waals surface area contributed by atoms with E-state index in [2.05, 4.69) is 15.3 Å². The zero-order chi connectivity index (χ0) is 12.1. The van der Waals surface area contributed by atoms with Gasteiger partial charge in [0.05, 0.1) is 6.54 Å². The minimum absolute atomic E-state index is 0.156. The predicted molar refractivity (Wildman–Crippen MR) is 62.7 cm³/mol. The minimum Gasteiger partial charge on any atom is -0.480 e. The molecule has 0 aliphatic carbocycles. The van der Waals surface area contributed by atoms with Crippen molar-refractivity contribution in [2.45, 2.75) is 19.8 Å². The van der Waals surface area contributed by atoms with Gasteiger partial charge in [0.25, 0.3) is 0 Å². The van der Waals surface area contributed by atoms with Gasteiger partial charge in [-0.2, -0.15) is 4.37 Å². The van der Waals surface area contributed by atoms with Gasteiger partial charge in [-0.25, -0.2) is 4.98 Å². The summed E-state index contributed by atoms with van der Waals surface area (Å²) in [6, 6.07) is 0. The lowest BCUT2D eigenvalue weighted by atomic mass is 10.2. The van der Waals surface area contributed by atoms with Gasteiger partial charge in [0.2, 0.25) is 5.13 Å². The Kier molecular flexibility index (Phi) is 4.26. The van der Waals surface area contributed by atoms with E-state index in [-0.39, 0.29) is 19.0 Å². The number of rotatable bonds is 5. The third-order valence-corrected chi connectivity index (χ3v) is 2.62. The number of hydrogen-bond acceptors (Lipinski definition) is 5. The molecule has 0 saturated heterocycles. The maximum Gasteiger partial charge on any atom is 0.323 e. The van der Waals surface area contributed by atoms with E-state index in [1.54, 1.807) is 0 Å². The lowest BCUT2D eigenvalue weighted by Gasteiger charge is -2.15. The Morgan fingerprint density at radius 3 is 2.81 bits per heavy atom. The Bertz CT molecular complexity index is 408. The number of carbonyl (C=O) groups is 1. The molecule has 0 aromatic carbocycles. The second-order valence-corrected chi connectivity index (χ2v) is 4.27. The molecule has 0 amide bonds. The summed E-state index contributed by atoms with van der Waals surface area (Å²) in [6.45, 7) is 4.03. The Morgan fingerprint density at radius 2 is 2.38 bits per heavy atom. The number of hydrogen-bond donors (Lipinski definition) is 1. The molecule has 0 aliphatic heterocycles. The summed E-state index contributed by atoms with van der Waals surface area (Å²) in [7, 11) is 0. The summed E-state index contributed by atoms with van der Waals surface area (Å²) in [5, 5.41) is 9.29. The highest BCUT2D eigenvalue weighted by molar-refractivity contribution is 7.09. The van der Waals surface area contributed by atoms with Crippen LogP contribution < -0.4 is 4.90 Å². The maximum atomic E-state index is 10.6. The molecule has 1 heterocycles. The zero-order valence-electron chi connectivity index (χ0n) is 9.17. The largest absolute Gasteiger partial charge is 0.480 e. The molecule has 0 fully saturated rings. The molecular weight excluding hydrogens is 226 g/mol. The smallest absolute Gasteiger partial charge is 0.323 e. The third-order valence-electron chi connectivity index (χ3n) is 1.83. The van der Waals surface area contributed by atoms with E-state index < -0.39 is 5.97 Å². The molecule has 1 rings (SSSR count). The predicted octanol–water partition coefficient (Wildman–Crippen LogP) is 1.19. The lowest BCUT2D eigenvalue weighted by molar-refractivity contribution is -0.135. The lowest BCUT2D eigenvalue weighted by Crippen LogP contribution is -2.29. The summed E-state index contributed by atoms with van der Waals surface area (Å²) >= 11 is 1.17. The van der Waals surface area contributed by atoms with Gasteiger partial charge in [0.1, 0.15) is 12.4 Å². The van der Waals surface area contributed by atoms with Crippen LogP contribution in [0.15, 0.2) is 0 Å². The van der Waals surface area contributed by atoms with E-state index >= 15 is 0 Å². The molecule has 0 saturated carbocycles. The van der Waals surface area contributed by atoms with Crippen molar-refractivity contribution in [3.8, 4) is 12.3 Å². The van der Waals surface area contributed by atoms with E-state index in [1.165, 1.54) is 16.4 Å². The van der Waals surface area contributed by atoms with Gasteiger partial charge < -0.3 is 10.0 Å². The monoisotopic (exact) mass is 239 g/mol. The number of carboxylic acid groups (broad SMARTS) is 1. The quantitative estimate of drug-likeness (QED) is 0.782. The van der Waals surface area contributed by atoms with Crippen LogP contribution in [0.5, 0.6) is 0 Å². The average Bonchev–Trinajstić information content (AvgIpc) is 2.65. The molecular formula is C10H13N3O2S. The zero-order valence-corrected chi connectivity index (χ0v) is 9.99. The van der Waals surface area contributed by atoms with E-state index in [9.17, 15) is 4.79 Å². The van der Waals surface area contributed by atoms with Crippen LogP contribution in [0, 0.1) is 12.3 Å². The second-order valence-electron chi connectivity index (χ2n) is 3.54. The first kappa shape index (κ1) is 12.5. The molecule has 1 aromatic rings. The Labute approximate surface area is 98.3 Å². The van der Waals surface area contributed by atoms with Crippen molar-refractivity contribution >= 4 is 22.6 Å². The Balaban J connectivity index is 2.84. The van der Waals surface area contributed by atoms with Gasteiger partial charge >= 0.3 is 5.97 Å². The van der Waals surface area contributed by atoms with Crippen molar-refractivity contribution in [3.63, 3.8) is 0 Å². The molecule has 5 nitrogen and oxygen atoms in total. The Hall–Kier alpha value is -1.61. The molecule has 1 aromatic heterocycles. The van der Waals surface area contributed by atoms with E-state index in [1.807, 2.05) is 13.8 Å². The normalized spacial score (nSPS) is 10.1. The van der Waals surface area contributed by atoms with Crippen LogP contribution in [0.3, 0.4) is 0 Å². The highest BCUT2D eigenvalue weighted by Gasteiger charge is 2.15. The maximum absolute atomic E-state index is 10.6. The third kappa shape index (κ3) is 3.21. The van der Waals surface area contributed by atoms with Crippen LogP contribution >= 0.6 is 11.5 Å². The number of nitrogens with zero attached hydrogens (tertiary/aromatic N) is 3. The first-order chi connectivity index (χ1) is 7.54. The molecule has 0 unspecified atom stereocenters. The van der Waals surface area contributed by atoms with Gasteiger partial charge in [0, 0.05) is 17.5 Å². The van der Waals surface area contributed by atoms with Gasteiger partial charge in [-0.1, -0.05) is 19.8 Å². The van der Waals surface area contributed by atoms with Crippen LogP contribution in [-0.2, 0) is 4.79 Å². The molecule has 1 N–H and O–H groups in total. The fourth-order valence-electron chi connectivity index (χ4n) is 1.05. The van der Waals surface area contributed by atoms with Crippen molar-refractivity contribution in [2.75, 3.05) is 18.0 Å². The SMILES string of the molecule is C#CCN(CC(=O)O)c1nc(C(C)C)ns1. The number of aliphatic carboxylic acids is 1. The molecule has 0 atom stereocenters. The summed E-state index contributed by atoms with van der Waals surface area (Å²) in [4.78, 5) is 16.4. The number of carboxylic acids is 1. The minimum atomic E-state index is -0.934. The van der Waals surface area contributed by atoms with Crippen LogP contribution in [0.25, 0.3) is 0 Å². The molecule has 6 heteroatoms. The number of anilines is 1. The average molecular weight is 239 g/mol. The van der Waals surface area contributed by atoms with E-state index in [0.29, 0.717) is 11.0 Å². The molecule has 86 valence electrons. The molecule has 0 aliphatic rings. The van der Waals surface area contributed by atoms with Crippen LogP contribution in [0.1, 0.15) is 25.6 Å². The molecule has 0 bridgehead atoms. The van der Waals surface area contributed by atoms with Gasteiger partial charge in [-0.15, -0.1) is 6.42 Å². The molecule has 16 heavy (non-hydrogen) atoms. The highest BCUT2D eigenvalue weighted by atomic mass is 32.1. The van der Waals surface area contributed by atoms with Crippen LogP contribution in [0.4, 0.5) is 5.13 Å². The van der Waals surface area contributed by atoms with Crippen molar-refractivity contribution < 1.29 is 9.90 Å². The van der Waals surface area contributed by atoms with E-state index in [4.69, 9.17) is 11.5 Å². The van der Waals surface area contributed by atoms with Gasteiger partial charge in [-0.05, 0) is 0 Å². The summed E-state index contributed by atoms with van der Waals surface area (Å²) in [5.74, 6) is 2.42. The number of terminal acetylenes is 1. The fraction of sp³-hybridized carbons (Fsp3) is 0.500.